The highest BCUT2D eigenvalue weighted by molar-refractivity contribution is 5.85. The van der Waals surface area contributed by atoms with Gasteiger partial charge >= 0.3 is 0 Å². The van der Waals surface area contributed by atoms with Gasteiger partial charge in [0, 0.05) is 23.9 Å². The number of benzene rings is 1. The second-order valence-electron chi connectivity index (χ2n) is 7.74. The van der Waals surface area contributed by atoms with Gasteiger partial charge in [0.2, 0.25) is 0 Å². The number of allylic oxidation sites excluding steroid dienone is 1. The van der Waals surface area contributed by atoms with Crippen LogP contribution in [0.25, 0.3) is 10.9 Å². The van der Waals surface area contributed by atoms with E-state index in [0.717, 1.165) is 31.5 Å². The van der Waals surface area contributed by atoms with Crippen LogP contribution in [-0.2, 0) is 11.2 Å². The minimum absolute atomic E-state index is 0.128. The first kappa shape index (κ1) is 15.5. The Balaban J connectivity index is 1.75. The molecule has 0 spiro atoms. The lowest BCUT2D eigenvalue weighted by Gasteiger charge is -2.51. The average molecular weight is 338 g/mol. The molecule has 132 valence electrons. The summed E-state index contributed by atoms with van der Waals surface area (Å²) in [4.78, 5) is 8.36. The smallest absolute Gasteiger partial charge is 0.104 e. The van der Waals surface area contributed by atoms with Crippen molar-refractivity contribution < 1.29 is 9.57 Å². The maximum Gasteiger partial charge on any atom is 0.104 e. The standard InChI is InChI=1S/C21H26N2O2/c1-4-13-11-22(2)19-9-16-14-7-5-6-8-18(14)23(24-3)21(16)20-10-15(13)17(19)12-25-20/h4-8,15,17,19-20H,9-12H2,1-3H3/t15?,17?,19-,20-/m0/s1. The molecule has 2 aromatic rings. The van der Waals surface area contributed by atoms with Crippen LogP contribution in [-0.4, -0.2) is 43.0 Å². The van der Waals surface area contributed by atoms with Crippen molar-refractivity contribution in [3.8, 4) is 0 Å². The van der Waals surface area contributed by atoms with Gasteiger partial charge in [0.05, 0.1) is 17.8 Å². The fraction of sp³-hybridized carbons (Fsp3) is 0.524. The zero-order valence-electron chi connectivity index (χ0n) is 15.2. The lowest BCUT2D eigenvalue weighted by molar-refractivity contribution is -0.0887. The highest BCUT2D eigenvalue weighted by Crippen LogP contribution is 2.49. The number of nitrogens with zero attached hydrogens (tertiary/aromatic N) is 2. The molecule has 0 amide bonds. The van der Waals surface area contributed by atoms with Crippen LogP contribution in [0.15, 0.2) is 35.9 Å². The van der Waals surface area contributed by atoms with Gasteiger partial charge in [-0.2, -0.15) is 4.73 Å². The highest BCUT2D eigenvalue weighted by atomic mass is 16.6. The molecule has 4 heterocycles. The van der Waals surface area contributed by atoms with E-state index < -0.39 is 0 Å². The maximum absolute atomic E-state index is 6.40. The minimum atomic E-state index is 0.128. The number of fused-ring (bicyclic) bond motifs is 2. The number of likely N-dealkylation sites (tertiary alicyclic amines) is 1. The normalized spacial score (nSPS) is 33.3. The SMILES string of the molecule is CC=C1CN(C)[C@H]2Cc3c(n(OC)c4ccccc34)[C@@H]3CC1C2CO3. The summed E-state index contributed by atoms with van der Waals surface area (Å²) in [6.07, 6.45) is 4.62. The van der Waals surface area contributed by atoms with Crippen LogP contribution in [0.2, 0.25) is 0 Å². The summed E-state index contributed by atoms with van der Waals surface area (Å²) >= 11 is 0. The molecule has 4 bridgehead atoms. The summed E-state index contributed by atoms with van der Waals surface area (Å²) in [6.45, 7) is 4.13. The highest BCUT2D eigenvalue weighted by Gasteiger charge is 2.47. The first-order valence-electron chi connectivity index (χ1n) is 9.36. The van der Waals surface area contributed by atoms with Crippen molar-refractivity contribution in [2.75, 3.05) is 27.3 Å². The largest absolute Gasteiger partial charge is 0.417 e. The third kappa shape index (κ3) is 2.07. The fourth-order valence-electron chi connectivity index (χ4n) is 5.52. The van der Waals surface area contributed by atoms with Crippen LogP contribution in [0.4, 0.5) is 0 Å². The zero-order chi connectivity index (χ0) is 17.1. The number of aromatic nitrogens is 1. The van der Waals surface area contributed by atoms with E-state index in [9.17, 15) is 0 Å². The van der Waals surface area contributed by atoms with Gasteiger partial charge in [-0.15, -0.1) is 0 Å². The van der Waals surface area contributed by atoms with Crippen molar-refractivity contribution in [3.05, 3.63) is 47.2 Å². The molecule has 6 rings (SSSR count). The summed E-state index contributed by atoms with van der Waals surface area (Å²) in [5.74, 6) is 1.24. The Morgan fingerprint density at radius 2 is 2.12 bits per heavy atom. The maximum atomic E-state index is 6.40. The number of hydrogen-bond donors (Lipinski definition) is 0. The van der Waals surface area contributed by atoms with Crippen LogP contribution in [0.3, 0.4) is 0 Å². The molecular formula is C21H26N2O2. The van der Waals surface area contributed by atoms with Gasteiger partial charge in [-0.1, -0.05) is 29.8 Å². The molecule has 4 aliphatic rings. The van der Waals surface area contributed by atoms with Gasteiger partial charge < -0.3 is 9.57 Å². The van der Waals surface area contributed by atoms with Crippen molar-refractivity contribution in [1.82, 2.24) is 9.63 Å². The molecule has 0 saturated carbocycles. The predicted molar refractivity (Wildman–Crippen MR) is 98.6 cm³/mol. The van der Waals surface area contributed by atoms with Crippen molar-refractivity contribution in [2.45, 2.75) is 31.9 Å². The van der Waals surface area contributed by atoms with E-state index in [0.29, 0.717) is 17.9 Å². The Bertz CT molecular complexity index is 853. The third-order valence-electron chi connectivity index (χ3n) is 6.69. The number of hydrogen-bond acceptors (Lipinski definition) is 3. The summed E-state index contributed by atoms with van der Waals surface area (Å²) < 4.78 is 8.42. The van der Waals surface area contributed by atoms with Crippen LogP contribution >= 0.6 is 0 Å². The van der Waals surface area contributed by atoms with E-state index in [1.165, 1.54) is 16.6 Å². The summed E-state index contributed by atoms with van der Waals surface area (Å²) in [7, 11) is 4.04. The van der Waals surface area contributed by atoms with E-state index in [1.54, 1.807) is 12.7 Å². The Kier molecular flexibility index (Phi) is 3.47. The van der Waals surface area contributed by atoms with Crippen molar-refractivity contribution in [1.29, 1.82) is 0 Å². The van der Waals surface area contributed by atoms with E-state index >= 15 is 0 Å². The van der Waals surface area contributed by atoms with Gasteiger partial charge in [0.1, 0.15) is 13.2 Å². The van der Waals surface area contributed by atoms with Gasteiger partial charge in [-0.3, -0.25) is 4.90 Å². The molecule has 0 N–H and O–H groups in total. The minimum Gasteiger partial charge on any atom is -0.417 e. The predicted octanol–water partition coefficient (Wildman–Crippen LogP) is 3.21. The van der Waals surface area contributed by atoms with Crippen molar-refractivity contribution in [2.24, 2.45) is 11.8 Å². The van der Waals surface area contributed by atoms with Crippen LogP contribution < -0.4 is 4.84 Å². The van der Waals surface area contributed by atoms with Gasteiger partial charge in [0.15, 0.2) is 0 Å². The molecule has 1 aromatic carbocycles. The number of para-hydroxylation sites is 1. The molecule has 3 aliphatic heterocycles. The summed E-state index contributed by atoms with van der Waals surface area (Å²) in [6, 6.07) is 9.14. The molecule has 1 aliphatic carbocycles. The number of ether oxygens (including phenoxy) is 1. The van der Waals surface area contributed by atoms with E-state index in [-0.39, 0.29) is 6.10 Å². The van der Waals surface area contributed by atoms with Crippen LogP contribution in [0.5, 0.6) is 0 Å². The molecule has 2 fully saturated rings. The molecule has 1 aromatic heterocycles. The summed E-state index contributed by atoms with van der Waals surface area (Å²) in [5, 5.41) is 1.32. The zero-order valence-corrected chi connectivity index (χ0v) is 15.2. The molecule has 4 heteroatoms. The van der Waals surface area contributed by atoms with Crippen molar-refractivity contribution in [3.63, 3.8) is 0 Å². The van der Waals surface area contributed by atoms with E-state index in [4.69, 9.17) is 9.57 Å². The lowest BCUT2D eigenvalue weighted by Crippen LogP contribution is -2.54. The Morgan fingerprint density at radius 1 is 1.28 bits per heavy atom. The fourth-order valence-corrected chi connectivity index (χ4v) is 5.52. The molecule has 0 radical (unpaired) electrons. The molecule has 2 unspecified atom stereocenters. The van der Waals surface area contributed by atoms with Crippen LogP contribution in [0, 0.1) is 11.8 Å². The monoisotopic (exact) mass is 338 g/mol. The van der Waals surface area contributed by atoms with Gasteiger partial charge in [-0.05, 0) is 44.4 Å². The number of piperidine rings is 1. The molecular weight excluding hydrogens is 312 g/mol. The Labute approximate surface area is 149 Å². The first-order valence-corrected chi connectivity index (χ1v) is 9.36. The summed E-state index contributed by atoms with van der Waals surface area (Å²) in [5.41, 5.74) is 5.40. The Morgan fingerprint density at radius 3 is 2.92 bits per heavy atom. The molecule has 4 atom stereocenters. The second-order valence-corrected chi connectivity index (χ2v) is 7.74. The van der Waals surface area contributed by atoms with Gasteiger partial charge in [0.25, 0.3) is 0 Å². The third-order valence-corrected chi connectivity index (χ3v) is 6.69. The van der Waals surface area contributed by atoms with Crippen LogP contribution in [0.1, 0.15) is 30.7 Å². The number of rotatable bonds is 1. The Hall–Kier alpha value is -1.78. The number of likely N-dealkylation sites (N-methyl/N-ethyl adjacent to an activating group) is 1. The topological polar surface area (TPSA) is 26.6 Å². The molecule has 4 nitrogen and oxygen atoms in total. The van der Waals surface area contributed by atoms with E-state index in [2.05, 4.69) is 49.2 Å². The van der Waals surface area contributed by atoms with Gasteiger partial charge in [-0.25, -0.2) is 0 Å². The second kappa shape index (κ2) is 5.61. The van der Waals surface area contributed by atoms with Crippen molar-refractivity contribution >= 4 is 10.9 Å². The average Bonchev–Trinajstić information content (AvgIpc) is 2.94. The molecule has 2 saturated heterocycles. The lowest BCUT2D eigenvalue weighted by atomic mass is 9.69. The first-order chi connectivity index (χ1) is 12.2. The quantitative estimate of drug-likeness (QED) is 0.747. The molecule has 25 heavy (non-hydrogen) atoms. The van der Waals surface area contributed by atoms with E-state index in [1.807, 2.05) is 4.73 Å².